The molecule has 1 heterocycles. The molecule has 0 saturated carbocycles. The van der Waals surface area contributed by atoms with E-state index in [-0.39, 0.29) is 5.69 Å². The van der Waals surface area contributed by atoms with E-state index < -0.39 is 0 Å². The average molecular weight is 140 g/mol. The van der Waals surface area contributed by atoms with Gasteiger partial charge >= 0.3 is 5.69 Å². The molecule has 1 aromatic rings. The maximum atomic E-state index is 10.4. The molecule has 0 amide bonds. The molecular formula is C5H4N2OS. The van der Waals surface area contributed by atoms with Crippen LogP contribution in [0, 0.1) is 0 Å². The number of nitrogens with one attached hydrogen (secondary N) is 1. The fraction of sp³-hybridized carbons (Fsp3) is 0. The van der Waals surface area contributed by atoms with Crippen molar-refractivity contribution in [2.75, 3.05) is 0 Å². The first-order chi connectivity index (χ1) is 4.33. The summed E-state index contributed by atoms with van der Waals surface area (Å²) in [6.45, 7) is 0. The molecule has 3 nitrogen and oxygen atoms in total. The van der Waals surface area contributed by atoms with Crippen LogP contribution in [0.5, 0.6) is 0 Å². The topological polar surface area (TPSA) is 45.8 Å². The van der Waals surface area contributed by atoms with E-state index in [1.807, 2.05) is 0 Å². The van der Waals surface area contributed by atoms with Gasteiger partial charge in [0.25, 0.3) is 0 Å². The van der Waals surface area contributed by atoms with Gasteiger partial charge in [-0.1, -0.05) is 12.2 Å². The zero-order valence-corrected chi connectivity index (χ0v) is 5.31. The molecular weight excluding hydrogens is 136 g/mol. The lowest BCUT2D eigenvalue weighted by Gasteiger charge is -1.83. The average Bonchev–Trinajstić information content (AvgIpc) is 1.88. The SMILES string of the molecule is O=c1nc(C=S)cc[nH]1. The second-order valence-corrected chi connectivity index (χ2v) is 1.67. The maximum Gasteiger partial charge on any atom is 0.345 e. The van der Waals surface area contributed by atoms with Crippen molar-refractivity contribution in [2.45, 2.75) is 0 Å². The highest BCUT2D eigenvalue weighted by Gasteiger charge is 1.85. The van der Waals surface area contributed by atoms with Crippen molar-refractivity contribution in [1.82, 2.24) is 9.97 Å². The molecule has 0 aromatic carbocycles. The number of aromatic nitrogens is 2. The fourth-order valence-electron chi connectivity index (χ4n) is 0.451. The van der Waals surface area contributed by atoms with Gasteiger partial charge in [0.15, 0.2) is 0 Å². The van der Waals surface area contributed by atoms with E-state index in [0.717, 1.165) is 0 Å². The smallest absolute Gasteiger partial charge is 0.313 e. The third kappa shape index (κ3) is 1.43. The summed E-state index contributed by atoms with van der Waals surface area (Å²) in [5.41, 5.74) is 0.155. The van der Waals surface area contributed by atoms with Crippen molar-refractivity contribution in [3.63, 3.8) is 0 Å². The molecule has 0 fully saturated rings. The third-order valence-electron chi connectivity index (χ3n) is 0.812. The summed E-state index contributed by atoms with van der Waals surface area (Å²) in [5, 5.41) is 1.36. The van der Waals surface area contributed by atoms with Crippen molar-refractivity contribution in [2.24, 2.45) is 0 Å². The lowest BCUT2D eigenvalue weighted by molar-refractivity contribution is 1.07. The molecule has 4 heteroatoms. The molecule has 0 aliphatic rings. The molecule has 0 radical (unpaired) electrons. The number of nitrogens with zero attached hydrogens (tertiary/aromatic N) is 1. The second kappa shape index (κ2) is 2.50. The quantitative estimate of drug-likeness (QED) is 0.563. The highest BCUT2D eigenvalue weighted by atomic mass is 32.1. The third-order valence-corrected chi connectivity index (χ3v) is 1.05. The van der Waals surface area contributed by atoms with E-state index in [1.54, 1.807) is 6.07 Å². The van der Waals surface area contributed by atoms with Crippen LogP contribution in [0.25, 0.3) is 0 Å². The zero-order chi connectivity index (χ0) is 6.69. The predicted molar refractivity (Wildman–Crippen MR) is 37.6 cm³/mol. The summed E-state index contributed by atoms with van der Waals surface area (Å²) in [6.07, 6.45) is 1.51. The normalized spacial score (nSPS) is 8.89. The molecule has 9 heavy (non-hydrogen) atoms. The van der Waals surface area contributed by atoms with E-state index >= 15 is 0 Å². The molecule has 0 aliphatic heterocycles. The van der Waals surface area contributed by atoms with Crippen LogP contribution >= 0.6 is 12.2 Å². The van der Waals surface area contributed by atoms with Crippen molar-refractivity contribution < 1.29 is 0 Å². The van der Waals surface area contributed by atoms with E-state index in [4.69, 9.17) is 0 Å². The largest absolute Gasteiger partial charge is 0.345 e. The number of rotatable bonds is 1. The van der Waals surface area contributed by atoms with Gasteiger partial charge in [-0.05, 0) is 6.07 Å². The van der Waals surface area contributed by atoms with Gasteiger partial charge in [-0.3, -0.25) is 0 Å². The van der Waals surface area contributed by atoms with Crippen molar-refractivity contribution in [3.05, 3.63) is 28.4 Å². The van der Waals surface area contributed by atoms with Gasteiger partial charge in [0.05, 0.1) is 5.69 Å². The molecule has 0 unspecified atom stereocenters. The lowest BCUT2D eigenvalue weighted by Crippen LogP contribution is -2.10. The zero-order valence-electron chi connectivity index (χ0n) is 4.50. The Hall–Kier alpha value is -1.03. The predicted octanol–water partition coefficient (Wildman–Crippen LogP) is 0.118. The first-order valence-corrected chi connectivity index (χ1v) is 2.81. The summed E-state index contributed by atoms with van der Waals surface area (Å²) in [4.78, 5) is 16.3. The summed E-state index contributed by atoms with van der Waals surface area (Å²) >= 11 is 4.54. The van der Waals surface area contributed by atoms with Gasteiger partial charge in [0.1, 0.15) is 0 Å². The van der Waals surface area contributed by atoms with Gasteiger partial charge in [0, 0.05) is 11.6 Å². The van der Waals surface area contributed by atoms with Crippen LogP contribution < -0.4 is 5.69 Å². The van der Waals surface area contributed by atoms with Gasteiger partial charge < -0.3 is 4.98 Å². The summed E-state index contributed by atoms with van der Waals surface area (Å²) in [7, 11) is 0. The van der Waals surface area contributed by atoms with Crippen LogP contribution in [0.3, 0.4) is 0 Å². The van der Waals surface area contributed by atoms with Crippen LogP contribution in [0.1, 0.15) is 5.69 Å². The summed E-state index contributed by atoms with van der Waals surface area (Å²) < 4.78 is 0. The molecule has 0 aliphatic carbocycles. The minimum absolute atomic E-state index is 0.367. The Morgan fingerprint density at radius 1 is 1.78 bits per heavy atom. The van der Waals surface area contributed by atoms with Crippen molar-refractivity contribution >= 4 is 17.6 Å². The molecule has 1 N–H and O–H groups in total. The standard InChI is InChI=1S/C5H4N2OS/c8-5-6-2-1-4(3-9)7-5/h1-3H,(H,6,7,8). The Morgan fingerprint density at radius 3 is 3.00 bits per heavy atom. The molecule has 1 rings (SSSR count). The van der Waals surface area contributed by atoms with Gasteiger partial charge in [-0.25, -0.2) is 4.79 Å². The van der Waals surface area contributed by atoms with Gasteiger partial charge in [-0.2, -0.15) is 4.98 Å². The van der Waals surface area contributed by atoms with Crippen molar-refractivity contribution in [3.8, 4) is 0 Å². The molecule has 46 valence electrons. The molecule has 0 spiro atoms. The number of H-pyrrole nitrogens is 1. The van der Waals surface area contributed by atoms with Crippen molar-refractivity contribution in [1.29, 1.82) is 0 Å². The van der Waals surface area contributed by atoms with Gasteiger partial charge in [0.2, 0.25) is 0 Å². The van der Waals surface area contributed by atoms with Crippen LogP contribution in [-0.4, -0.2) is 15.3 Å². The van der Waals surface area contributed by atoms with E-state index in [0.29, 0.717) is 5.69 Å². The highest BCUT2D eigenvalue weighted by molar-refractivity contribution is 7.79. The number of aromatic amines is 1. The highest BCUT2D eigenvalue weighted by Crippen LogP contribution is 1.79. The molecule has 0 bridgehead atoms. The Balaban J connectivity index is 3.23. The number of hydrogen-bond donors (Lipinski definition) is 1. The number of hydrogen-bond acceptors (Lipinski definition) is 3. The monoisotopic (exact) mass is 140 g/mol. The van der Waals surface area contributed by atoms with Gasteiger partial charge in [-0.15, -0.1) is 0 Å². The van der Waals surface area contributed by atoms with E-state index in [2.05, 4.69) is 22.2 Å². The van der Waals surface area contributed by atoms with Crippen LogP contribution in [0.15, 0.2) is 17.1 Å². The fourth-order valence-corrected chi connectivity index (χ4v) is 0.582. The molecule has 1 aromatic heterocycles. The first-order valence-electron chi connectivity index (χ1n) is 2.34. The van der Waals surface area contributed by atoms with Crippen LogP contribution in [0.2, 0.25) is 0 Å². The first kappa shape index (κ1) is 6.10. The minimum Gasteiger partial charge on any atom is -0.313 e. The minimum atomic E-state index is -0.367. The Bertz CT molecular complexity index is 268. The van der Waals surface area contributed by atoms with Crippen LogP contribution in [-0.2, 0) is 0 Å². The van der Waals surface area contributed by atoms with E-state index in [9.17, 15) is 4.79 Å². The molecule has 0 saturated heterocycles. The lowest BCUT2D eigenvalue weighted by atomic mass is 10.5. The van der Waals surface area contributed by atoms with Crippen LogP contribution in [0.4, 0.5) is 0 Å². The summed E-state index contributed by atoms with van der Waals surface area (Å²) in [5.74, 6) is 0. The second-order valence-electron chi connectivity index (χ2n) is 1.44. The Labute approximate surface area is 56.8 Å². The van der Waals surface area contributed by atoms with E-state index in [1.165, 1.54) is 11.6 Å². The number of thiocarbonyl (C=S) groups is 1. The Morgan fingerprint density at radius 2 is 2.56 bits per heavy atom. The summed E-state index contributed by atoms with van der Waals surface area (Å²) in [6, 6.07) is 1.63. The maximum absolute atomic E-state index is 10.4. The molecule has 0 atom stereocenters. The Kier molecular flexibility index (Phi) is 1.69.